The van der Waals surface area contributed by atoms with Crippen LogP contribution in [0.3, 0.4) is 0 Å². The molecule has 0 amide bonds. The second-order valence-electron chi connectivity index (χ2n) is 13.5. The van der Waals surface area contributed by atoms with Gasteiger partial charge in [-0.1, -0.05) is 100 Å². The third kappa shape index (κ3) is 2.64. The van der Waals surface area contributed by atoms with Crippen LogP contribution in [-0.2, 0) is 10.8 Å². The first-order chi connectivity index (χ1) is 20.9. The van der Waals surface area contributed by atoms with Gasteiger partial charge in [-0.3, -0.25) is 0 Å². The molecule has 0 saturated heterocycles. The Morgan fingerprint density at radius 2 is 1.12 bits per heavy atom. The fraction of sp³-hybridized carbons (Fsp3) is 0.150. The van der Waals surface area contributed by atoms with Gasteiger partial charge in [0.2, 0.25) is 0 Å². The zero-order valence-corrected chi connectivity index (χ0v) is 24.8. The number of benzene rings is 5. The fourth-order valence-corrected chi connectivity index (χ4v) is 8.62. The molecule has 0 saturated carbocycles. The van der Waals surface area contributed by atoms with Crippen molar-refractivity contribution in [1.82, 2.24) is 13.7 Å². The van der Waals surface area contributed by atoms with Crippen molar-refractivity contribution >= 4 is 43.6 Å². The van der Waals surface area contributed by atoms with Crippen molar-refractivity contribution < 1.29 is 0 Å². The predicted molar refractivity (Wildman–Crippen MR) is 179 cm³/mol. The Labute approximate surface area is 250 Å². The summed E-state index contributed by atoms with van der Waals surface area (Å²) in [7, 11) is 0. The van der Waals surface area contributed by atoms with Crippen LogP contribution in [0.1, 0.15) is 50.1 Å². The van der Waals surface area contributed by atoms with E-state index < -0.39 is 0 Å². The summed E-state index contributed by atoms with van der Waals surface area (Å²) in [5.41, 5.74) is 14.3. The van der Waals surface area contributed by atoms with Crippen LogP contribution in [0.25, 0.3) is 60.7 Å². The molecule has 5 aromatic carbocycles. The molecule has 0 radical (unpaired) electrons. The summed E-state index contributed by atoms with van der Waals surface area (Å²) in [4.78, 5) is 0. The number of aromatic nitrogens is 3. The van der Waals surface area contributed by atoms with Crippen LogP contribution in [0.2, 0.25) is 0 Å². The normalized spacial score (nSPS) is 15.8. The van der Waals surface area contributed by atoms with Crippen LogP contribution in [0.15, 0.2) is 115 Å². The van der Waals surface area contributed by atoms with E-state index in [4.69, 9.17) is 0 Å². The molecule has 2 aliphatic rings. The van der Waals surface area contributed by atoms with Crippen molar-refractivity contribution in [1.29, 1.82) is 0 Å². The summed E-state index contributed by atoms with van der Waals surface area (Å²) < 4.78 is 7.47. The molecule has 3 nitrogen and oxygen atoms in total. The Balaban J connectivity index is 1.33. The average Bonchev–Trinajstić information content (AvgIpc) is 3.72. The van der Waals surface area contributed by atoms with E-state index in [9.17, 15) is 0 Å². The lowest BCUT2D eigenvalue weighted by molar-refractivity contribution is 0.630. The molecule has 8 aromatic rings. The standard InChI is InChI=1S/C40H31N3/c1-39(2)30-15-7-10-19-35(30)43-33-21-20-24(22-27(33)26-13-11-16-31(39)36(26)43)42-32-17-8-5-12-25(32)28-23-41-34-18-9-6-14-29(34)40(3,4)38(41)37(28)42/h5-23H,1-4H3. The molecular weight excluding hydrogens is 522 g/mol. The quantitative estimate of drug-likeness (QED) is 0.192. The number of rotatable bonds is 1. The average molecular weight is 554 g/mol. The molecule has 0 fully saturated rings. The van der Waals surface area contributed by atoms with Crippen molar-refractivity contribution in [2.45, 2.75) is 38.5 Å². The van der Waals surface area contributed by atoms with Gasteiger partial charge in [0.1, 0.15) is 0 Å². The lowest BCUT2D eigenvalue weighted by atomic mass is 9.75. The summed E-state index contributed by atoms with van der Waals surface area (Å²) in [6.07, 6.45) is 2.37. The van der Waals surface area contributed by atoms with Gasteiger partial charge >= 0.3 is 0 Å². The second kappa shape index (κ2) is 7.48. The van der Waals surface area contributed by atoms with E-state index in [2.05, 4.69) is 157 Å². The summed E-state index contributed by atoms with van der Waals surface area (Å²) in [5.74, 6) is 0. The van der Waals surface area contributed by atoms with Crippen LogP contribution >= 0.6 is 0 Å². The van der Waals surface area contributed by atoms with Crippen molar-refractivity contribution in [3.05, 3.63) is 138 Å². The van der Waals surface area contributed by atoms with Crippen LogP contribution in [-0.4, -0.2) is 13.7 Å². The van der Waals surface area contributed by atoms with Gasteiger partial charge in [0, 0.05) is 49.9 Å². The maximum absolute atomic E-state index is 2.52. The topological polar surface area (TPSA) is 14.8 Å². The molecule has 0 N–H and O–H groups in total. The van der Waals surface area contributed by atoms with Crippen molar-refractivity contribution in [2.24, 2.45) is 0 Å². The molecule has 3 heteroatoms. The fourth-order valence-electron chi connectivity index (χ4n) is 8.62. The monoisotopic (exact) mass is 553 g/mol. The summed E-state index contributed by atoms with van der Waals surface area (Å²) in [6.45, 7) is 9.48. The predicted octanol–water partition coefficient (Wildman–Crippen LogP) is 9.95. The molecule has 2 aliphatic heterocycles. The molecule has 206 valence electrons. The smallest absolute Gasteiger partial charge is 0.0763 e. The molecule has 0 bridgehead atoms. The van der Waals surface area contributed by atoms with Gasteiger partial charge in [-0.15, -0.1) is 0 Å². The molecule has 3 aromatic heterocycles. The molecule has 0 spiro atoms. The Hall–Kier alpha value is -5.02. The van der Waals surface area contributed by atoms with Gasteiger partial charge in [0.25, 0.3) is 0 Å². The maximum Gasteiger partial charge on any atom is 0.0763 e. The minimum Gasteiger partial charge on any atom is -0.317 e. The Kier molecular flexibility index (Phi) is 4.10. The summed E-state index contributed by atoms with van der Waals surface area (Å²) >= 11 is 0. The van der Waals surface area contributed by atoms with Gasteiger partial charge in [0.05, 0.1) is 33.4 Å². The van der Waals surface area contributed by atoms with E-state index in [-0.39, 0.29) is 10.8 Å². The SMILES string of the molecule is CC1(C)c2ccccc2-n2c3ccc(-n4c5ccccc5c5cn6c(c54)C(C)(C)c4ccccc4-6)cc3c3cccc1c32. The van der Waals surface area contributed by atoms with Gasteiger partial charge in [-0.25, -0.2) is 0 Å². The minimum atomic E-state index is -0.118. The van der Waals surface area contributed by atoms with E-state index in [0.29, 0.717) is 0 Å². The molecule has 43 heavy (non-hydrogen) atoms. The van der Waals surface area contributed by atoms with E-state index in [1.807, 2.05) is 0 Å². The number of nitrogens with zero attached hydrogens (tertiary/aromatic N) is 3. The molecule has 0 atom stereocenters. The van der Waals surface area contributed by atoms with Crippen LogP contribution in [0.5, 0.6) is 0 Å². The second-order valence-corrected chi connectivity index (χ2v) is 13.5. The number of hydrogen-bond donors (Lipinski definition) is 0. The van der Waals surface area contributed by atoms with E-state index in [1.165, 1.54) is 83.1 Å². The Bertz CT molecular complexity index is 2510. The summed E-state index contributed by atoms with van der Waals surface area (Å²) in [5, 5.41) is 5.23. The molecular formula is C40H31N3. The first kappa shape index (κ1) is 23.5. The van der Waals surface area contributed by atoms with Crippen molar-refractivity contribution in [2.75, 3.05) is 0 Å². The minimum absolute atomic E-state index is 0.0697. The van der Waals surface area contributed by atoms with E-state index in [1.54, 1.807) is 0 Å². The Morgan fingerprint density at radius 1 is 0.465 bits per heavy atom. The van der Waals surface area contributed by atoms with E-state index >= 15 is 0 Å². The van der Waals surface area contributed by atoms with Crippen LogP contribution in [0, 0.1) is 0 Å². The van der Waals surface area contributed by atoms with E-state index in [0.717, 1.165) is 0 Å². The largest absolute Gasteiger partial charge is 0.317 e. The zero-order valence-electron chi connectivity index (χ0n) is 24.8. The number of hydrogen-bond acceptors (Lipinski definition) is 0. The van der Waals surface area contributed by atoms with Crippen LogP contribution in [0.4, 0.5) is 0 Å². The third-order valence-electron chi connectivity index (χ3n) is 10.6. The molecule has 0 aliphatic carbocycles. The number of fused-ring (bicyclic) bond motifs is 12. The van der Waals surface area contributed by atoms with Gasteiger partial charge in [0.15, 0.2) is 0 Å². The van der Waals surface area contributed by atoms with Crippen molar-refractivity contribution in [3.8, 4) is 17.1 Å². The van der Waals surface area contributed by atoms with Gasteiger partial charge < -0.3 is 13.7 Å². The highest BCUT2D eigenvalue weighted by molar-refractivity contribution is 6.14. The highest BCUT2D eigenvalue weighted by atomic mass is 15.1. The summed E-state index contributed by atoms with van der Waals surface area (Å²) in [6, 6.07) is 40.7. The lowest BCUT2D eigenvalue weighted by Gasteiger charge is -2.34. The van der Waals surface area contributed by atoms with Gasteiger partial charge in [-0.05, 0) is 53.1 Å². The highest BCUT2D eigenvalue weighted by Gasteiger charge is 2.40. The first-order valence-corrected chi connectivity index (χ1v) is 15.3. The highest BCUT2D eigenvalue weighted by Crippen LogP contribution is 2.51. The maximum atomic E-state index is 2.52. The van der Waals surface area contributed by atoms with Gasteiger partial charge in [-0.2, -0.15) is 0 Å². The first-order valence-electron chi connectivity index (χ1n) is 15.3. The molecule has 10 rings (SSSR count). The van der Waals surface area contributed by atoms with Crippen LogP contribution < -0.4 is 0 Å². The Morgan fingerprint density at radius 3 is 1.95 bits per heavy atom. The number of para-hydroxylation sites is 4. The van der Waals surface area contributed by atoms with Crippen molar-refractivity contribution in [3.63, 3.8) is 0 Å². The lowest BCUT2D eigenvalue weighted by Crippen LogP contribution is -2.26. The third-order valence-corrected chi connectivity index (χ3v) is 10.6. The molecule has 5 heterocycles. The molecule has 0 unspecified atom stereocenters. The zero-order chi connectivity index (χ0) is 28.8.